The quantitative estimate of drug-likeness (QED) is 0.259. The van der Waals surface area contributed by atoms with E-state index in [1.807, 2.05) is 41.4 Å². The first-order valence-electron chi connectivity index (χ1n) is 11.6. The average molecular weight is 557 g/mol. The summed E-state index contributed by atoms with van der Waals surface area (Å²) in [6, 6.07) is 27.6. The van der Waals surface area contributed by atoms with E-state index in [-0.39, 0.29) is 26.0 Å². The molecule has 5 rings (SSSR count). The number of ether oxygens (including phenoxy) is 1. The molecule has 6 heteroatoms. The van der Waals surface area contributed by atoms with Crippen LogP contribution < -0.4 is 14.5 Å². The fourth-order valence-corrected chi connectivity index (χ4v) is 4.18. The molecule has 2 aliphatic heterocycles. The summed E-state index contributed by atoms with van der Waals surface area (Å²) in [5.41, 5.74) is 4.18. The fourth-order valence-electron chi connectivity index (χ4n) is 4.18. The van der Waals surface area contributed by atoms with Gasteiger partial charge in [-0.25, -0.2) is 0 Å². The van der Waals surface area contributed by atoms with Crippen molar-refractivity contribution in [2.75, 3.05) is 16.8 Å². The molecule has 3 aromatic rings. The van der Waals surface area contributed by atoms with E-state index in [9.17, 15) is 0 Å². The minimum absolute atomic E-state index is 0. The minimum Gasteiger partial charge on any atom is -0.509 e. The molecule has 0 saturated carbocycles. The second-order valence-corrected chi connectivity index (χ2v) is 9.44. The molecule has 0 fully saturated rings. The molecule has 0 unspecified atom stereocenters. The molecule has 35 heavy (non-hydrogen) atoms. The third kappa shape index (κ3) is 4.97. The molecule has 2 aliphatic rings. The van der Waals surface area contributed by atoms with Crippen LogP contribution in [0.4, 0.5) is 17.1 Å². The van der Waals surface area contributed by atoms with Crippen molar-refractivity contribution in [1.82, 2.24) is 9.80 Å². The Kier molecular flexibility index (Phi) is 7.28. The van der Waals surface area contributed by atoms with Gasteiger partial charge in [-0.3, -0.25) is 0 Å². The number of para-hydroxylation sites is 1. The number of fused-ring (bicyclic) bond motifs is 1. The standard InChI is InChI=1S/C29H30N4O.Pd/c1-22(2)31-16-17-32(21-31)23-10-8-12-25(18-23)34-26-13-9-11-24(19-26)33-20-30(5)29(3,4)27-14-6-7-15-28(27)33;/h6-17,20-22H,1-5H3;/q-4;. The number of hydrogen-bond acceptors (Lipinski definition) is 5. The number of anilines is 3. The number of hydrogen-bond donors (Lipinski definition) is 0. The Hall–Kier alpha value is -2.78. The molecular formula is C29H30N4OPd-4. The molecule has 0 radical (unpaired) electrons. The molecule has 0 saturated heterocycles. The normalized spacial score (nSPS) is 16.9. The largest absolute Gasteiger partial charge is 0.509 e. The summed E-state index contributed by atoms with van der Waals surface area (Å²) in [6.07, 6.45) is 4.10. The summed E-state index contributed by atoms with van der Waals surface area (Å²) in [5, 5.41) is 0. The van der Waals surface area contributed by atoms with Gasteiger partial charge in [-0.2, -0.15) is 25.5 Å². The zero-order valence-electron chi connectivity index (χ0n) is 20.7. The molecule has 0 N–H and O–H groups in total. The summed E-state index contributed by atoms with van der Waals surface area (Å²) in [6.45, 7) is 13.0. The van der Waals surface area contributed by atoms with E-state index in [0.29, 0.717) is 17.5 Å². The Labute approximate surface area is 223 Å². The summed E-state index contributed by atoms with van der Waals surface area (Å²) < 4.78 is 6.20. The first kappa shape index (κ1) is 25.3. The van der Waals surface area contributed by atoms with E-state index >= 15 is 0 Å². The van der Waals surface area contributed by atoms with Crippen LogP contribution in [0.3, 0.4) is 0 Å². The van der Waals surface area contributed by atoms with Crippen LogP contribution in [0.15, 0.2) is 73.1 Å². The summed E-state index contributed by atoms with van der Waals surface area (Å²) in [7, 11) is 2.11. The number of rotatable bonds is 5. The topological polar surface area (TPSA) is 22.2 Å². The van der Waals surface area contributed by atoms with Gasteiger partial charge in [0.1, 0.15) is 0 Å². The third-order valence-electron chi connectivity index (χ3n) is 6.51. The Bertz CT molecular complexity index is 1210. The van der Waals surface area contributed by atoms with E-state index < -0.39 is 0 Å². The number of nitrogens with zero attached hydrogens (tertiary/aromatic N) is 4. The van der Waals surface area contributed by atoms with Gasteiger partial charge >= 0.3 is 0 Å². The van der Waals surface area contributed by atoms with Crippen LogP contribution in [-0.4, -0.2) is 22.9 Å². The zero-order valence-corrected chi connectivity index (χ0v) is 22.2. The van der Waals surface area contributed by atoms with Crippen molar-refractivity contribution in [3.05, 3.63) is 104 Å². The molecule has 0 amide bonds. The van der Waals surface area contributed by atoms with Crippen molar-refractivity contribution in [2.24, 2.45) is 0 Å². The van der Waals surface area contributed by atoms with Gasteiger partial charge in [-0.1, -0.05) is 18.2 Å². The first-order valence-corrected chi connectivity index (χ1v) is 11.6. The molecule has 0 bridgehead atoms. The third-order valence-corrected chi connectivity index (χ3v) is 6.51. The van der Waals surface area contributed by atoms with Crippen LogP contribution in [0.25, 0.3) is 0 Å². The molecule has 0 atom stereocenters. The van der Waals surface area contributed by atoms with Crippen LogP contribution in [0, 0.1) is 25.5 Å². The van der Waals surface area contributed by atoms with Gasteiger partial charge in [-0.15, -0.1) is 47.8 Å². The van der Waals surface area contributed by atoms with E-state index in [2.05, 4.69) is 111 Å². The van der Waals surface area contributed by atoms with Crippen molar-refractivity contribution in [1.29, 1.82) is 0 Å². The first-order chi connectivity index (χ1) is 16.3. The predicted molar refractivity (Wildman–Crippen MR) is 137 cm³/mol. The molecular weight excluding hydrogens is 527 g/mol. The van der Waals surface area contributed by atoms with Crippen LogP contribution in [0.1, 0.15) is 33.3 Å². The van der Waals surface area contributed by atoms with Crippen LogP contribution in [-0.2, 0) is 26.0 Å². The van der Waals surface area contributed by atoms with Gasteiger partial charge in [0.2, 0.25) is 0 Å². The van der Waals surface area contributed by atoms with Gasteiger partial charge in [0.15, 0.2) is 0 Å². The van der Waals surface area contributed by atoms with Crippen molar-refractivity contribution in [3.63, 3.8) is 0 Å². The molecule has 0 spiro atoms. The smallest absolute Gasteiger partial charge is 0.0165 e. The molecule has 0 aliphatic carbocycles. The maximum Gasteiger partial charge on any atom is 0.0165 e. The average Bonchev–Trinajstić information content (AvgIpc) is 3.33. The summed E-state index contributed by atoms with van der Waals surface area (Å²) in [4.78, 5) is 8.60. The van der Waals surface area contributed by atoms with Crippen molar-refractivity contribution in [3.8, 4) is 11.5 Å². The SMILES string of the molecule is CC(C)N1C=CN(c2[c-]c(Oc3[c-]c(N4[CH-]N(C)C(C)(C)c5ccccc54)ccc3)ccc2)[CH-]1.[Pd]. The summed E-state index contributed by atoms with van der Waals surface area (Å²) in [5.74, 6) is 1.30. The van der Waals surface area contributed by atoms with Gasteiger partial charge in [-0.05, 0) is 64.8 Å². The zero-order chi connectivity index (χ0) is 23.9. The van der Waals surface area contributed by atoms with Crippen LogP contribution >= 0.6 is 0 Å². The number of benzene rings is 3. The Morgan fingerprint density at radius 3 is 2.17 bits per heavy atom. The second-order valence-electron chi connectivity index (χ2n) is 9.44. The molecule has 3 aromatic carbocycles. The second kappa shape index (κ2) is 10.1. The maximum absolute atomic E-state index is 6.20. The van der Waals surface area contributed by atoms with Crippen molar-refractivity contribution in [2.45, 2.75) is 39.3 Å². The maximum atomic E-state index is 6.20. The Morgan fingerprint density at radius 2 is 1.49 bits per heavy atom. The van der Waals surface area contributed by atoms with E-state index in [1.54, 1.807) is 0 Å². The molecule has 2 heterocycles. The molecule has 0 aromatic heterocycles. The van der Waals surface area contributed by atoms with Crippen LogP contribution in [0.5, 0.6) is 11.5 Å². The fraction of sp³-hybridized carbons (Fsp3) is 0.241. The predicted octanol–water partition coefficient (Wildman–Crippen LogP) is 6.64. The van der Waals surface area contributed by atoms with E-state index in [1.165, 1.54) is 5.56 Å². The Morgan fingerprint density at radius 1 is 0.829 bits per heavy atom. The summed E-state index contributed by atoms with van der Waals surface area (Å²) >= 11 is 0. The van der Waals surface area contributed by atoms with Crippen LogP contribution in [0.2, 0.25) is 0 Å². The monoisotopic (exact) mass is 556 g/mol. The van der Waals surface area contributed by atoms with Gasteiger partial charge in [0, 0.05) is 43.1 Å². The van der Waals surface area contributed by atoms with Gasteiger partial charge < -0.3 is 24.3 Å². The van der Waals surface area contributed by atoms with Crippen molar-refractivity contribution >= 4 is 17.1 Å². The molecule has 186 valence electrons. The molecule has 5 nitrogen and oxygen atoms in total. The van der Waals surface area contributed by atoms with Gasteiger partial charge in [0.25, 0.3) is 0 Å². The van der Waals surface area contributed by atoms with E-state index in [0.717, 1.165) is 17.1 Å². The van der Waals surface area contributed by atoms with E-state index in [4.69, 9.17) is 4.74 Å². The van der Waals surface area contributed by atoms with Gasteiger partial charge in [0.05, 0.1) is 0 Å². The van der Waals surface area contributed by atoms with Crippen molar-refractivity contribution < 1.29 is 25.2 Å². The minimum atomic E-state index is -0.0945. The Balaban J connectivity index is 0.00000289.